The number of carbonyl (C=O) groups excluding carboxylic acids is 1. The van der Waals surface area contributed by atoms with Crippen LogP contribution in [0.1, 0.15) is 24.2 Å². The van der Waals surface area contributed by atoms with Crippen molar-refractivity contribution in [2.75, 3.05) is 18.9 Å². The molecule has 1 aliphatic heterocycles. The van der Waals surface area contributed by atoms with Crippen LogP contribution in [-0.2, 0) is 4.74 Å². The summed E-state index contributed by atoms with van der Waals surface area (Å²) in [7, 11) is 0. The van der Waals surface area contributed by atoms with E-state index in [0.29, 0.717) is 23.2 Å². The van der Waals surface area contributed by atoms with E-state index in [0.717, 1.165) is 0 Å². The standard InChI is InChI=1S/C13H16BrFN2O2/c1-7-6-19-8(2)5-17(7)13(18)9-3-12(16)11(15)4-10(9)14/h3-4,7-8H,5-6,16H2,1-2H3. The molecule has 1 heterocycles. The zero-order valence-corrected chi connectivity index (χ0v) is 12.4. The van der Waals surface area contributed by atoms with Crippen molar-refractivity contribution in [2.45, 2.75) is 26.0 Å². The van der Waals surface area contributed by atoms with Gasteiger partial charge in [0, 0.05) is 11.0 Å². The maximum absolute atomic E-state index is 13.3. The number of rotatable bonds is 1. The van der Waals surface area contributed by atoms with Crippen molar-refractivity contribution in [3.63, 3.8) is 0 Å². The summed E-state index contributed by atoms with van der Waals surface area (Å²) < 4.78 is 19.2. The first kappa shape index (κ1) is 14.3. The SMILES string of the molecule is CC1CN(C(=O)c2cc(N)c(F)cc2Br)C(C)CO1. The summed E-state index contributed by atoms with van der Waals surface area (Å²) in [6.45, 7) is 4.86. The van der Waals surface area contributed by atoms with Crippen LogP contribution in [0.25, 0.3) is 0 Å². The minimum absolute atomic E-state index is 0.00304. The van der Waals surface area contributed by atoms with Gasteiger partial charge in [-0.05, 0) is 41.9 Å². The van der Waals surface area contributed by atoms with Crippen molar-refractivity contribution in [2.24, 2.45) is 0 Å². The average molecular weight is 331 g/mol. The van der Waals surface area contributed by atoms with E-state index in [1.165, 1.54) is 12.1 Å². The van der Waals surface area contributed by atoms with E-state index in [9.17, 15) is 9.18 Å². The molecule has 0 aromatic heterocycles. The molecule has 1 amide bonds. The van der Waals surface area contributed by atoms with Crippen LogP contribution in [-0.4, -0.2) is 36.1 Å². The Morgan fingerprint density at radius 2 is 2.21 bits per heavy atom. The van der Waals surface area contributed by atoms with E-state index in [1.807, 2.05) is 13.8 Å². The highest BCUT2D eigenvalue weighted by atomic mass is 79.9. The molecule has 2 rings (SSSR count). The number of nitrogens with two attached hydrogens (primary N) is 1. The van der Waals surface area contributed by atoms with Crippen molar-refractivity contribution in [1.29, 1.82) is 0 Å². The molecule has 1 aromatic carbocycles. The van der Waals surface area contributed by atoms with Gasteiger partial charge in [0.1, 0.15) is 5.82 Å². The van der Waals surface area contributed by atoms with Crippen LogP contribution < -0.4 is 5.73 Å². The van der Waals surface area contributed by atoms with Crippen molar-refractivity contribution in [3.05, 3.63) is 28.0 Å². The van der Waals surface area contributed by atoms with Crippen LogP contribution in [0, 0.1) is 5.82 Å². The monoisotopic (exact) mass is 330 g/mol. The van der Waals surface area contributed by atoms with Gasteiger partial charge in [0.05, 0.1) is 30.0 Å². The Morgan fingerprint density at radius 3 is 2.89 bits per heavy atom. The normalized spacial score (nSPS) is 23.5. The molecule has 0 spiro atoms. The lowest BCUT2D eigenvalue weighted by atomic mass is 10.1. The average Bonchev–Trinajstić information content (AvgIpc) is 2.36. The van der Waals surface area contributed by atoms with E-state index >= 15 is 0 Å². The number of hydrogen-bond acceptors (Lipinski definition) is 3. The largest absolute Gasteiger partial charge is 0.396 e. The minimum Gasteiger partial charge on any atom is -0.396 e. The number of halogens is 2. The molecule has 104 valence electrons. The van der Waals surface area contributed by atoms with Gasteiger partial charge in [-0.1, -0.05) is 0 Å². The molecule has 2 atom stereocenters. The molecule has 0 bridgehead atoms. The highest BCUT2D eigenvalue weighted by molar-refractivity contribution is 9.10. The summed E-state index contributed by atoms with van der Waals surface area (Å²) >= 11 is 3.21. The summed E-state index contributed by atoms with van der Waals surface area (Å²) in [4.78, 5) is 14.2. The van der Waals surface area contributed by atoms with E-state index in [1.54, 1.807) is 4.90 Å². The van der Waals surface area contributed by atoms with Gasteiger partial charge in [0.15, 0.2) is 0 Å². The fourth-order valence-corrected chi connectivity index (χ4v) is 2.56. The number of carbonyl (C=O) groups is 1. The Bertz CT molecular complexity index is 510. The summed E-state index contributed by atoms with van der Waals surface area (Å²) in [6, 6.07) is 2.58. The van der Waals surface area contributed by atoms with Crippen LogP contribution in [0.3, 0.4) is 0 Å². The molecule has 1 aromatic rings. The molecular weight excluding hydrogens is 315 g/mol. The van der Waals surface area contributed by atoms with Gasteiger partial charge in [0.2, 0.25) is 0 Å². The fourth-order valence-electron chi connectivity index (χ4n) is 2.07. The second-order valence-electron chi connectivity index (χ2n) is 4.80. The highest BCUT2D eigenvalue weighted by Gasteiger charge is 2.29. The predicted octanol–water partition coefficient (Wildman–Crippen LogP) is 2.42. The molecular formula is C13H16BrFN2O2. The van der Waals surface area contributed by atoms with Gasteiger partial charge < -0.3 is 15.4 Å². The Labute approximate surface area is 119 Å². The van der Waals surface area contributed by atoms with Crippen LogP contribution in [0.5, 0.6) is 0 Å². The smallest absolute Gasteiger partial charge is 0.255 e. The molecule has 1 fully saturated rings. The summed E-state index contributed by atoms with van der Waals surface area (Å²) in [5.74, 6) is -0.701. The number of anilines is 1. The number of nitrogen functional groups attached to an aromatic ring is 1. The molecule has 0 saturated carbocycles. The Hall–Kier alpha value is -1.14. The number of hydrogen-bond donors (Lipinski definition) is 1. The molecule has 1 aliphatic rings. The van der Waals surface area contributed by atoms with Crippen LogP contribution in [0.15, 0.2) is 16.6 Å². The topological polar surface area (TPSA) is 55.6 Å². The summed E-state index contributed by atoms with van der Waals surface area (Å²) in [5, 5.41) is 0. The lowest BCUT2D eigenvalue weighted by molar-refractivity contribution is -0.0387. The highest BCUT2D eigenvalue weighted by Crippen LogP contribution is 2.25. The number of nitrogens with zero attached hydrogens (tertiary/aromatic N) is 1. The second-order valence-corrected chi connectivity index (χ2v) is 5.66. The van der Waals surface area contributed by atoms with Crippen molar-refractivity contribution in [1.82, 2.24) is 4.90 Å². The lowest BCUT2D eigenvalue weighted by Crippen LogP contribution is -2.50. The Kier molecular flexibility index (Phi) is 4.10. The van der Waals surface area contributed by atoms with Gasteiger partial charge >= 0.3 is 0 Å². The Balaban J connectivity index is 2.31. The molecule has 0 radical (unpaired) electrons. The van der Waals surface area contributed by atoms with Gasteiger partial charge in [-0.2, -0.15) is 0 Å². The molecule has 2 N–H and O–H groups in total. The van der Waals surface area contributed by atoms with Gasteiger partial charge in [-0.25, -0.2) is 4.39 Å². The predicted molar refractivity (Wildman–Crippen MR) is 74.4 cm³/mol. The van der Waals surface area contributed by atoms with E-state index in [2.05, 4.69) is 15.9 Å². The first-order valence-corrected chi connectivity index (χ1v) is 6.86. The first-order chi connectivity index (χ1) is 8.90. The van der Waals surface area contributed by atoms with E-state index in [-0.39, 0.29) is 23.7 Å². The molecule has 0 aliphatic carbocycles. The van der Waals surface area contributed by atoms with Crippen molar-refractivity contribution >= 4 is 27.5 Å². The lowest BCUT2D eigenvalue weighted by Gasteiger charge is -2.37. The number of benzene rings is 1. The molecule has 6 heteroatoms. The molecule has 1 saturated heterocycles. The minimum atomic E-state index is -0.535. The molecule has 19 heavy (non-hydrogen) atoms. The molecule has 2 unspecified atom stereocenters. The van der Waals surface area contributed by atoms with Gasteiger partial charge in [-0.15, -0.1) is 0 Å². The summed E-state index contributed by atoms with van der Waals surface area (Å²) in [5.41, 5.74) is 5.88. The van der Waals surface area contributed by atoms with Crippen LogP contribution in [0.2, 0.25) is 0 Å². The van der Waals surface area contributed by atoms with Crippen LogP contribution in [0.4, 0.5) is 10.1 Å². The van der Waals surface area contributed by atoms with Gasteiger partial charge in [-0.3, -0.25) is 4.79 Å². The van der Waals surface area contributed by atoms with Crippen LogP contribution >= 0.6 is 15.9 Å². The Morgan fingerprint density at radius 1 is 1.53 bits per heavy atom. The maximum atomic E-state index is 13.3. The molecule has 4 nitrogen and oxygen atoms in total. The fraction of sp³-hybridized carbons (Fsp3) is 0.462. The number of morpholine rings is 1. The quantitative estimate of drug-likeness (QED) is 0.804. The van der Waals surface area contributed by atoms with Gasteiger partial charge in [0.25, 0.3) is 5.91 Å². The zero-order valence-electron chi connectivity index (χ0n) is 10.8. The van der Waals surface area contributed by atoms with Crippen molar-refractivity contribution in [3.8, 4) is 0 Å². The van der Waals surface area contributed by atoms with E-state index in [4.69, 9.17) is 10.5 Å². The second kappa shape index (κ2) is 5.46. The number of amides is 1. The third-order valence-electron chi connectivity index (χ3n) is 3.19. The van der Waals surface area contributed by atoms with E-state index < -0.39 is 5.82 Å². The van der Waals surface area contributed by atoms with Crippen molar-refractivity contribution < 1.29 is 13.9 Å². The third kappa shape index (κ3) is 2.90. The maximum Gasteiger partial charge on any atom is 0.255 e. The number of ether oxygens (including phenoxy) is 1. The zero-order chi connectivity index (χ0) is 14.2. The first-order valence-electron chi connectivity index (χ1n) is 6.07. The summed E-state index contributed by atoms with van der Waals surface area (Å²) in [6.07, 6.45) is -0.00304. The third-order valence-corrected chi connectivity index (χ3v) is 3.84.